The predicted molar refractivity (Wildman–Crippen MR) is 86.7 cm³/mol. The average molecular weight is 256 g/mol. The number of hydrogen-bond donors (Lipinski definition) is 0. The van der Waals surface area contributed by atoms with Gasteiger partial charge in [0.15, 0.2) is 0 Å². The Bertz CT molecular complexity index is 795. The highest BCUT2D eigenvalue weighted by Gasteiger charge is 2.09. The standard InChI is InChI=1S/C20H16/c1-2-7-15(8-3-1)19-12-6-11-18-13-16-9-4-5-10-17(16)14-20(18)19/h1-4,6-9,11-14H,5,10H2. The Morgan fingerprint density at radius 3 is 2.60 bits per heavy atom. The predicted octanol–water partition coefficient (Wildman–Crippen LogP) is 5.47. The molecule has 1 aliphatic carbocycles. The summed E-state index contributed by atoms with van der Waals surface area (Å²) in [4.78, 5) is 0. The number of aryl methyl sites for hydroxylation is 1. The van der Waals surface area contributed by atoms with Crippen LogP contribution in [0.1, 0.15) is 17.5 Å². The molecule has 0 fully saturated rings. The van der Waals surface area contributed by atoms with E-state index >= 15 is 0 Å². The molecule has 0 amide bonds. The van der Waals surface area contributed by atoms with Crippen LogP contribution in [0.2, 0.25) is 0 Å². The van der Waals surface area contributed by atoms with Gasteiger partial charge < -0.3 is 0 Å². The maximum Gasteiger partial charge on any atom is -0.0102 e. The first kappa shape index (κ1) is 11.5. The van der Waals surface area contributed by atoms with Crippen LogP contribution >= 0.6 is 0 Å². The molecule has 3 aromatic carbocycles. The van der Waals surface area contributed by atoms with Crippen LogP contribution in [0.25, 0.3) is 28.0 Å². The average Bonchev–Trinajstić information content (AvgIpc) is 2.53. The Kier molecular flexibility index (Phi) is 2.67. The molecule has 0 aliphatic heterocycles. The minimum absolute atomic E-state index is 1.16. The summed E-state index contributed by atoms with van der Waals surface area (Å²) in [7, 11) is 0. The lowest BCUT2D eigenvalue weighted by atomic mass is 9.90. The van der Waals surface area contributed by atoms with Gasteiger partial charge in [0.25, 0.3) is 0 Å². The summed E-state index contributed by atoms with van der Waals surface area (Å²) >= 11 is 0. The van der Waals surface area contributed by atoms with Crippen molar-refractivity contribution in [2.24, 2.45) is 0 Å². The fourth-order valence-corrected chi connectivity index (χ4v) is 3.08. The van der Waals surface area contributed by atoms with Gasteiger partial charge in [-0.3, -0.25) is 0 Å². The number of rotatable bonds is 1. The second kappa shape index (κ2) is 4.64. The van der Waals surface area contributed by atoms with E-state index in [0.29, 0.717) is 0 Å². The first-order valence-electron chi connectivity index (χ1n) is 7.19. The maximum absolute atomic E-state index is 2.39. The molecule has 96 valence electrons. The highest BCUT2D eigenvalue weighted by molar-refractivity contribution is 5.98. The molecule has 0 unspecified atom stereocenters. The number of allylic oxidation sites excluding steroid dienone is 1. The molecule has 0 saturated heterocycles. The van der Waals surface area contributed by atoms with Crippen LogP contribution in [-0.4, -0.2) is 0 Å². The Balaban J connectivity index is 2.01. The molecule has 0 atom stereocenters. The van der Waals surface area contributed by atoms with Gasteiger partial charge in [-0.05, 0) is 58.0 Å². The number of fused-ring (bicyclic) bond motifs is 2. The van der Waals surface area contributed by atoms with Gasteiger partial charge in [0.05, 0.1) is 0 Å². The molecule has 0 aromatic heterocycles. The molecule has 0 bridgehead atoms. The molecule has 0 N–H and O–H groups in total. The van der Waals surface area contributed by atoms with Crippen molar-refractivity contribution >= 4 is 16.8 Å². The van der Waals surface area contributed by atoms with Crippen LogP contribution < -0.4 is 0 Å². The van der Waals surface area contributed by atoms with E-state index in [1.54, 1.807) is 0 Å². The summed E-state index contributed by atoms with van der Waals surface area (Å²) in [6.07, 6.45) is 6.85. The third-order valence-corrected chi connectivity index (χ3v) is 4.10. The van der Waals surface area contributed by atoms with Crippen molar-refractivity contribution in [3.8, 4) is 11.1 Å². The van der Waals surface area contributed by atoms with Gasteiger partial charge in [-0.25, -0.2) is 0 Å². The molecule has 0 nitrogen and oxygen atoms in total. The molecule has 1 aliphatic rings. The zero-order chi connectivity index (χ0) is 13.4. The van der Waals surface area contributed by atoms with Crippen LogP contribution in [0, 0.1) is 0 Å². The monoisotopic (exact) mass is 256 g/mol. The molecule has 0 heteroatoms. The first-order chi connectivity index (χ1) is 9.92. The van der Waals surface area contributed by atoms with Crippen molar-refractivity contribution in [2.45, 2.75) is 12.8 Å². The minimum atomic E-state index is 1.16. The van der Waals surface area contributed by atoms with Crippen molar-refractivity contribution < 1.29 is 0 Å². The summed E-state index contributed by atoms with van der Waals surface area (Å²) in [6.45, 7) is 0. The second-order valence-corrected chi connectivity index (χ2v) is 5.38. The lowest BCUT2D eigenvalue weighted by molar-refractivity contribution is 0.989. The van der Waals surface area contributed by atoms with E-state index < -0.39 is 0 Å². The van der Waals surface area contributed by atoms with Gasteiger partial charge in [0, 0.05) is 0 Å². The summed E-state index contributed by atoms with van der Waals surface area (Å²) < 4.78 is 0. The van der Waals surface area contributed by atoms with E-state index in [1.165, 1.54) is 33.0 Å². The van der Waals surface area contributed by atoms with E-state index in [1.807, 2.05) is 0 Å². The third kappa shape index (κ3) is 1.85. The molecular weight excluding hydrogens is 240 g/mol. The van der Waals surface area contributed by atoms with Crippen molar-refractivity contribution in [1.82, 2.24) is 0 Å². The van der Waals surface area contributed by atoms with Crippen LogP contribution in [0.4, 0.5) is 0 Å². The molecule has 0 radical (unpaired) electrons. The summed E-state index contributed by atoms with van der Waals surface area (Å²) in [5.74, 6) is 0. The molecule has 0 spiro atoms. The van der Waals surface area contributed by atoms with Crippen LogP contribution in [-0.2, 0) is 6.42 Å². The normalized spacial score (nSPS) is 13.4. The topological polar surface area (TPSA) is 0 Å². The molecule has 0 saturated carbocycles. The van der Waals surface area contributed by atoms with Gasteiger partial charge in [0.1, 0.15) is 0 Å². The maximum atomic E-state index is 2.39. The molecule has 4 rings (SSSR count). The van der Waals surface area contributed by atoms with Crippen molar-refractivity contribution in [2.75, 3.05) is 0 Å². The molecule has 3 aromatic rings. The van der Waals surface area contributed by atoms with E-state index in [9.17, 15) is 0 Å². The van der Waals surface area contributed by atoms with Gasteiger partial charge in [-0.15, -0.1) is 0 Å². The van der Waals surface area contributed by atoms with E-state index in [-0.39, 0.29) is 0 Å². The third-order valence-electron chi connectivity index (χ3n) is 4.10. The summed E-state index contributed by atoms with van der Waals surface area (Å²) in [5.41, 5.74) is 5.49. The Hall–Kier alpha value is -2.34. The van der Waals surface area contributed by atoms with Gasteiger partial charge in [0.2, 0.25) is 0 Å². The molecular formula is C20H16. The Labute approximate surface area is 119 Å². The van der Waals surface area contributed by atoms with Crippen LogP contribution in [0.15, 0.2) is 66.7 Å². The van der Waals surface area contributed by atoms with Gasteiger partial charge in [-0.1, -0.05) is 60.7 Å². The summed E-state index contributed by atoms with van der Waals surface area (Å²) in [6, 6.07) is 22.0. The van der Waals surface area contributed by atoms with Crippen LogP contribution in [0.3, 0.4) is 0 Å². The number of benzene rings is 3. The minimum Gasteiger partial charge on any atom is -0.0836 e. The summed E-state index contributed by atoms with van der Waals surface area (Å²) in [5, 5.41) is 2.70. The largest absolute Gasteiger partial charge is 0.0836 e. The van der Waals surface area contributed by atoms with Crippen molar-refractivity contribution in [3.05, 3.63) is 77.9 Å². The smallest absolute Gasteiger partial charge is 0.0102 e. The van der Waals surface area contributed by atoms with Gasteiger partial charge >= 0.3 is 0 Å². The van der Waals surface area contributed by atoms with Crippen LogP contribution in [0.5, 0.6) is 0 Å². The second-order valence-electron chi connectivity index (χ2n) is 5.38. The van der Waals surface area contributed by atoms with Gasteiger partial charge in [-0.2, -0.15) is 0 Å². The fourth-order valence-electron chi connectivity index (χ4n) is 3.08. The van der Waals surface area contributed by atoms with Crippen molar-refractivity contribution in [1.29, 1.82) is 0 Å². The van der Waals surface area contributed by atoms with E-state index in [4.69, 9.17) is 0 Å². The Morgan fingerprint density at radius 2 is 1.70 bits per heavy atom. The quantitative estimate of drug-likeness (QED) is 0.542. The zero-order valence-electron chi connectivity index (χ0n) is 11.3. The SMILES string of the molecule is C1=Cc2cc3cccc(-c4ccccc4)c3cc2CC1. The number of hydrogen-bond acceptors (Lipinski definition) is 0. The van der Waals surface area contributed by atoms with E-state index in [2.05, 4.69) is 72.8 Å². The highest BCUT2D eigenvalue weighted by Crippen LogP contribution is 2.32. The van der Waals surface area contributed by atoms with Crippen molar-refractivity contribution in [3.63, 3.8) is 0 Å². The Morgan fingerprint density at radius 1 is 0.800 bits per heavy atom. The lowest BCUT2D eigenvalue weighted by Gasteiger charge is -2.14. The molecule has 0 heterocycles. The lowest BCUT2D eigenvalue weighted by Crippen LogP contribution is -1.94. The van der Waals surface area contributed by atoms with E-state index in [0.717, 1.165) is 12.8 Å². The zero-order valence-corrected chi connectivity index (χ0v) is 11.3. The molecule has 20 heavy (non-hydrogen) atoms. The highest BCUT2D eigenvalue weighted by atomic mass is 14.1. The fraction of sp³-hybridized carbons (Fsp3) is 0.100. The first-order valence-corrected chi connectivity index (χ1v) is 7.19.